The Morgan fingerprint density at radius 1 is 1.12 bits per heavy atom. The van der Waals surface area contributed by atoms with E-state index in [0.717, 1.165) is 52.1 Å². The molecule has 2 aliphatic rings. The van der Waals surface area contributed by atoms with Crippen molar-refractivity contribution >= 4 is 30.7 Å². The molecule has 4 nitrogen and oxygen atoms in total. The Morgan fingerprint density at radius 3 is 2.48 bits per heavy atom. The zero-order chi connectivity index (χ0) is 15.9. The van der Waals surface area contributed by atoms with Crippen LogP contribution in [0, 0.1) is 11.8 Å². The molecule has 0 aromatic heterocycles. The third kappa shape index (κ3) is 7.14. The number of nitrogens with zero attached hydrogens (tertiary/aromatic N) is 1. The summed E-state index contributed by atoms with van der Waals surface area (Å²) in [7, 11) is 0. The Kier molecular flexibility index (Phi) is 10.4. The zero-order valence-electron chi connectivity index (χ0n) is 14.8. The van der Waals surface area contributed by atoms with Gasteiger partial charge >= 0.3 is 0 Å². The molecule has 0 spiro atoms. The fourth-order valence-corrected chi connectivity index (χ4v) is 3.66. The number of hydrogen-bond donors (Lipinski definition) is 2. The second-order valence-corrected chi connectivity index (χ2v) is 6.99. The Morgan fingerprint density at radius 2 is 1.84 bits per heavy atom. The van der Waals surface area contributed by atoms with Gasteiger partial charge in [-0.25, -0.2) is 0 Å². The number of carbonyl (C=O) groups excluding carboxylic acids is 1. The molecule has 1 atom stereocenters. The molecule has 6 heteroatoms. The number of benzene rings is 1. The molecule has 3 rings (SSSR count). The van der Waals surface area contributed by atoms with Gasteiger partial charge in [0.1, 0.15) is 0 Å². The molecule has 1 aromatic carbocycles. The largest absolute Gasteiger partial charge is 0.356 e. The smallest absolute Gasteiger partial charge is 0.224 e. The van der Waals surface area contributed by atoms with Gasteiger partial charge < -0.3 is 10.6 Å². The minimum Gasteiger partial charge on any atom is -0.356 e. The van der Waals surface area contributed by atoms with Crippen LogP contribution in [0.2, 0.25) is 0 Å². The first-order chi connectivity index (χ1) is 11.3. The van der Waals surface area contributed by atoms with Gasteiger partial charge in [0.15, 0.2) is 0 Å². The summed E-state index contributed by atoms with van der Waals surface area (Å²) in [6.07, 6.45) is 4.54. The lowest BCUT2D eigenvalue weighted by Gasteiger charge is -2.32. The van der Waals surface area contributed by atoms with Crippen molar-refractivity contribution in [1.29, 1.82) is 0 Å². The number of carbonyl (C=O) groups is 1. The van der Waals surface area contributed by atoms with E-state index in [1.54, 1.807) is 0 Å². The van der Waals surface area contributed by atoms with Crippen molar-refractivity contribution in [3.63, 3.8) is 0 Å². The first kappa shape index (κ1) is 22.2. The number of nitrogens with one attached hydrogen (secondary N) is 2. The lowest BCUT2D eigenvalue weighted by atomic mass is 9.95. The van der Waals surface area contributed by atoms with Crippen molar-refractivity contribution in [1.82, 2.24) is 15.5 Å². The monoisotopic (exact) mass is 387 g/mol. The molecule has 2 aliphatic heterocycles. The van der Waals surface area contributed by atoms with Gasteiger partial charge in [-0.2, -0.15) is 0 Å². The van der Waals surface area contributed by atoms with Crippen LogP contribution in [0.1, 0.15) is 31.2 Å². The van der Waals surface area contributed by atoms with Crippen molar-refractivity contribution in [2.45, 2.75) is 32.2 Å². The number of likely N-dealkylation sites (tertiary alicyclic amines) is 1. The van der Waals surface area contributed by atoms with Crippen LogP contribution in [-0.2, 0) is 11.3 Å². The van der Waals surface area contributed by atoms with E-state index in [4.69, 9.17) is 0 Å². The molecular formula is C19H31Cl2N3O. The molecule has 1 unspecified atom stereocenters. The molecule has 0 saturated carbocycles. The van der Waals surface area contributed by atoms with Gasteiger partial charge in [0.2, 0.25) is 5.91 Å². The fourth-order valence-electron chi connectivity index (χ4n) is 3.66. The SMILES string of the molecule is Cl.Cl.O=C(NCC1CCN(Cc2ccccc2)CC1)C1CCCNC1. The van der Waals surface area contributed by atoms with Crippen molar-refractivity contribution in [2.75, 3.05) is 32.7 Å². The van der Waals surface area contributed by atoms with Gasteiger partial charge in [-0.1, -0.05) is 30.3 Å². The Hall–Kier alpha value is -0.810. The highest BCUT2D eigenvalue weighted by molar-refractivity contribution is 5.85. The van der Waals surface area contributed by atoms with Crippen molar-refractivity contribution in [2.24, 2.45) is 11.8 Å². The van der Waals surface area contributed by atoms with Crippen LogP contribution in [0.15, 0.2) is 30.3 Å². The maximum Gasteiger partial charge on any atom is 0.224 e. The molecule has 2 saturated heterocycles. The summed E-state index contributed by atoms with van der Waals surface area (Å²) in [6.45, 7) is 6.09. The lowest BCUT2D eigenvalue weighted by molar-refractivity contribution is -0.125. The summed E-state index contributed by atoms with van der Waals surface area (Å²) < 4.78 is 0. The third-order valence-corrected chi connectivity index (χ3v) is 5.19. The normalized spacial score (nSPS) is 21.7. The summed E-state index contributed by atoms with van der Waals surface area (Å²) in [5.74, 6) is 1.08. The van der Waals surface area contributed by atoms with Crippen molar-refractivity contribution in [3.8, 4) is 0 Å². The van der Waals surface area contributed by atoms with Crippen LogP contribution in [0.3, 0.4) is 0 Å². The molecule has 25 heavy (non-hydrogen) atoms. The van der Waals surface area contributed by atoms with Crippen molar-refractivity contribution < 1.29 is 4.79 Å². The summed E-state index contributed by atoms with van der Waals surface area (Å²) >= 11 is 0. The maximum absolute atomic E-state index is 12.2. The first-order valence-corrected chi connectivity index (χ1v) is 9.06. The number of piperidine rings is 2. The summed E-state index contributed by atoms with van der Waals surface area (Å²) in [6, 6.07) is 10.7. The highest BCUT2D eigenvalue weighted by Gasteiger charge is 2.23. The van der Waals surface area contributed by atoms with Gasteiger partial charge in [0.25, 0.3) is 0 Å². The van der Waals surface area contributed by atoms with Gasteiger partial charge in [-0.3, -0.25) is 9.69 Å². The van der Waals surface area contributed by atoms with E-state index in [1.165, 1.54) is 18.4 Å². The maximum atomic E-state index is 12.2. The van der Waals surface area contributed by atoms with E-state index in [0.29, 0.717) is 5.92 Å². The Labute approximate surface area is 163 Å². The van der Waals surface area contributed by atoms with Gasteiger partial charge in [0, 0.05) is 19.6 Å². The van der Waals surface area contributed by atoms with Crippen LogP contribution in [0.5, 0.6) is 0 Å². The second kappa shape index (κ2) is 11.7. The van der Waals surface area contributed by atoms with Gasteiger partial charge in [-0.05, 0) is 56.8 Å². The standard InChI is InChI=1S/C19H29N3O.2ClH/c23-19(18-7-4-10-20-14-18)21-13-16-8-11-22(12-9-16)15-17-5-2-1-3-6-17;;/h1-3,5-6,16,18,20H,4,7-15H2,(H,21,23);2*1H. The minimum absolute atomic E-state index is 0. The van der Waals surface area contributed by atoms with E-state index < -0.39 is 0 Å². The molecule has 2 fully saturated rings. The number of rotatable bonds is 5. The van der Waals surface area contributed by atoms with E-state index in [-0.39, 0.29) is 36.6 Å². The minimum atomic E-state index is 0. The zero-order valence-corrected chi connectivity index (χ0v) is 16.4. The molecule has 1 aromatic rings. The number of hydrogen-bond acceptors (Lipinski definition) is 3. The Balaban J connectivity index is 0.00000156. The summed E-state index contributed by atoms with van der Waals surface area (Å²) in [4.78, 5) is 14.7. The fraction of sp³-hybridized carbons (Fsp3) is 0.632. The predicted octanol–water partition coefficient (Wildman–Crippen LogP) is 2.86. The molecule has 142 valence electrons. The molecular weight excluding hydrogens is 357 g/mol. The average Bonchev–Trinajstić information content (AvgIpc) is 2.62. The topological polar surface area (TPSA) is 44.4 Å². The van der Waals surface area contributed by atoms with E-state index in [2.05, 4.69) is 45.9 Å². The van der Waals surface area contributed by atoms with E-state index in [1.807, 2.05) is 0 Å². The predicted molar refractivity (Wildman–Crippen MR) is 108 cm³/mol. The summed E-state index contributed by atoms with van der Waals surface area (Å²) in [5.41, 5.74) is 1.39. The number of amides is 1. The highest BCUT2D eigenvalue weighted by Crippen LogP contribution is 2.19. The molecule has 1 amide bonds. The first-order valence-electron chi connectivity index (χ1n) is 9.06. The third-order valence-electron chi connectivity index (χ3n) is 5.19. The lowest BCUT2D eigenvalue weighted by Crippen LogP contribution is -2.43. The van der Waals surface area contributed by atoms with Crippen LogP contribution >= 0.6 is 24.8 Å². The van der Waals surface area contributed by atoms with E-state index >= 15 is 0 Å². The summed E-state index contributed by atoms with van der Waals surface area (Å²) in [5, 5.41) is 6.50. The van der Waals surface area contributed by atoms with Crippen LogP contribution in [0.25, 0.3) is 0 Å². The van der Waals surface area contributed by atoms with Crippen LogP contribution < -0.4 is 10.6 Å². The molecule has 0 bridgehead atoms. The quantitative estimate of drug-likeness (QED) is 0.816. The average molecular weight is 388 g/mol. The Bertz CT molecular complexity index is 487. The second-order valence-electron chi connectivity index (χ2n) is 6.99. The van der Waals surface area contributed by atoms with Crippen LogP contribution in [0.4, 0.5) is 0 Å². The molecule has 2 heterocycles. The van der Waals surface area contributed by atoms with Crippen LogP contribution in [-0.4, -0.2) is 43.5 Å². The molecule has 0 radical (unpaired) electrons. The van der Waals surface area contributed by atoms with Gasteiger partial charge in [0.05, 0.1) is 5.92 Å². The number of halogens is 2. The highest BCUT2D eigenvalue weighted by atomic mass is 35.5. The molecule has 0 aliphatic carbocycles. The van der Waals surface area contributed by atoms with Crippen molar-refractivity contribution in [3.05, 3.63) is 35.9 Å². The van der Waals surface area contributed by atoms with Gasteiger partial charge in [-0.15, -0.1) is 24.8 Å². The van der Waals surface area contributed by atoms with E-state index in [9.17, 15) is 4.79 Å². The molecule has 2 N–H and O–H groups in total.